The number of fused-ring (bicyclic) bond motifs is 1. The van der Waals surface area contributed by atoms with Gasteiger partial charge in [0.15, 0.2) is 0 Å². The molecular formula is C24H19BrO2. The number of rotatable bonds is 5. The Kier molecular flexibility index (Phi) is 5.12. The average molecular weight is 419 g/mol. The fourth-order valence-electron chi connectivity index (χ4n) is 3.16. The van der Waals surface area contributed by atoms with E-state index < -0.39 is 0 Å². The molecule has 0 saturated heterocycles. The minimum Gasteiger partial charge on any atom is -0.507 e. The van der Waals surface area contributed by atoms with E-state index in [0.717, 1.165) is 34.1 Å². The Morgan fingerprint density at radius 2 is 1.37 bits per heavy atom. The van der Waals surface area contributed by atoms with E-state index in [1.165, 1.54) is 5.56 Å². The first-order chi connectivity index (χ1) is 13.2. The van der Waals surface area contributed by atoms with Gasteiger partial charge in [0.25, 0.3) is 0 Å². The molecule has 0 heterocycles. The number of hydrogen-bond acceptors (Lipinski definition) is 2. The smallest absolute Gasteiger partial charge is 0.130 e. The van der Waals surface area contributed by atoms with Crippen molar-refractivity contribution in [2.45, 2.75) is 13.0 Å². The van der Waals surface area contributed by atoms with Gasteiger partial charge in [0.1, 0.15) is 18.1 Å². The van der Waals surface area contributed by atoms with Crippen LogP contribution in [-0.2, 0) is 13.0 Å². The summed E-state index contributed by atoms with van der Waals surface area (Å²) < 4.78 is 6.87. The van der Waals surface area contributed by atoms with Crippen LogP contribution in [0.5, 0.6) is 11.5 Å². The molecule has 0 spiro atoms. The molecule has 1 N–H and O–H groups in total. The number of halogens is 1. The van der Waals surface area contributed by atoms with Crippen molar-refractivity contribution in [3.8, 4) is 11.5 Å². The molecule has 0 aliphatic carbocycles. The molecule has 134 valence electrons. The predicted octanol–water partition coefficient (Wildman–Crippen LogP) is 6.48. The van der Waals surface area contributed by atoms with Gasteiger partial charge in [0.2, 0.25) is 0 Å². The first-order valence-electron chi connectivity index (χ1n) is 8.85. The van der Waals surface area contributed by atoms with E-state index in [0.29, 0.717) is 11.1 Å². The molecule has 0 unspecified atom stereocenters. The van der Waals surface area contributed by atoms with E-state index in [-0.39, 0.29) is 5.75 Å². The standard InChI is InChI=1S/C24H19BrO2/c25-22-13-19-12-21(11-17-7-3-1-4-8-17)24(15-20(19)14-23(22)26)27-16-18-9-5-2-6-10-18/h1-10,12-15,26H,11,16H2. The number of ether oxygens (including phenoxy) is 1. The first kappa shape index (κ1) is 17.6. The minimum atomic E-state index is 0.229. The number of hydrogen-bond donors (Lipinski definition) is 1. The summed E-state index contributed by atoms with van der Waals surface area (Å²) in [6, 6.07) is 28.4. The Balaban J connectivity index is 1.73. The van der Waals surface area contributed by atoms with Crippen LogP contribution in [-0.4, -0.2) is 5.11 Å². The molecule has 0 atom stereocenters. The van der Waals surface area contributed by atoms with E-state index in [4.69, 9.17) is 4.74 Å². The average Bonchev–Trinajstić information content (AvgIpc) is 2.69. The molecule has 0 fully saturated rings. The lowest BCUT2D eigenvalue weighted by molar-refractivity contribution is 0.304. The van der Waals surface area contributed by atoms with E-state index in [1.54, 1.807) is 6.07 Å². The normalized spacial score (nSPS) is 10.9. The number of phenols is 1. The molecule has 0 aliphatic heterocycles. The highest BCUT2D eigenvalue weighted by atomic mass is 79.9. The van der Waals surface area contributed by atoms with Gasteiger partial charge in [-0.05, 0) is 67.7 Å². The molecule has 0 aromatic heterocycles. The second-order valence-corrected chi connectivity index (χ2v) is 7.40. The van der Waals surface area contributed by atoms with Crippen LogP contribution in [0.25, 0.3) is 10.8 Å². The third-order valence-electron chi connectivity index (χ3n) is 4.56. The lowest BCUT2D eigenvalue weighted by Gasteiger charge is -2.14. The van der Waals surface area contributed by atoms with Crippen molar-refractivity contribution < 1.29 is 9.84 Å². The molecular weight excluding hydrogens is 400 g/mol. The summed E-state index contributed by atoms with van der Waals surface area (Å²) in [6.45, 7) is 0.511. The number of phenolic OH excluding ortho intramolecular Hbond substituents is 1. The van der Waals surface area contributed by atoms with Crippen molar-refractivity contribution in [3.63, 3.8) is 0 Å². The van der Waals surface area contributed by atoms with Crippen LogP contribution >= 0.6 is 15.9 Å². The molecule has 4 rings (SSSR count). The van der Waals surface area contributed by atoms with Gasteiger partial charge in [-0.3, -0.25) is 0 Å². The van der Waals surface area contributed by atoms with Crippen molar-refractivity contribution in [1.82, 2.24) is 0 Å². The Labute approximate surface area is 167 Å². The zero-order chi connectivity index (χ0) is 18.6. The fourth-order valence-corrected chi connectivity index (χ4v) is 3.52. The summed E-state index contributed by atoms with van der Waals surface area (Å²) in [4.78, 5) is 0. The van der Waals surface area contributed by atoms with Crippen molar-refractivity contribution in [2.24, 2.45) is 0 Å². The molecule has 0 bridgehead atoms. The second-order valence-electron chi connectivity index (χ2n) is 6.55. The van der Waals surface area contributed by atoms with Gasteiger partial charge in [-0.15, -0.1) is 0 Å². The Morgan fingerprint density at radius 1 is 0.741 bits per heavy atom. The molecule has 0 aliphatic rings. The van der Waals surface area contributed by atoms with Crippen molar-refractivity contribution in [3.05, 3.63) is 106 Å². The minimum absolute atomic E-state index is 0.229. The quantitative estimate of drug-likeness (QED) is 0.401. The van der Waals surface area contributed by atoms with Gasteiger partial charge < -0.3 is 9.84 Å². The Morgan fingerprint density at radius 3 is 2.07 bits per heavy atom. The molecule has 0 radical (unpaired) electrons. The lowest BCUT2D eigenvalue weighted by atomic mass is 10.00. The predicted molar refractivity (Wildman–Crippen MR) is 113 cm³/mol. The number of aromatic hydroxyl groups is 1. The van der Waals surface area contributed by atoms with Crippen LogP contribution < -0.4 is 4.74 Å². The lowest BCUT2D eigenvalue weighted by Crippen LogP contribution is -2.00. The van der Waals surface area contributed by atoms with Crippen LogP contribution in [0.1, 0.15) is 16.7 Å². The highest BCUT2D eigenvalue weighted by Gasteiger charge is 2.10. The van der Waals surface area contributed by atoms with Gasteiger partial charge in [-0.2, -0.15) is 0 Å². The highest BCUT2D eigenvalue weighted by Crippen LogP contribution is 2.34. The van der Waals surface area contributed by atoms with E-state index in [1.807, 2.05) is 36.4 Å². The molecule has 4 aromatic carbocycles. The summed E-state index contributed by atoms with van der Waals surface area (Å²) in [5.41, 5.74) is 3.49. The maximum atomic E-state index is 10.0. The summed E-state index contributed by atoms with van der Waals surface area (Å²) in [5, 5.41) is 12.1. The Bertz CT molecular complexity index is 1060. The molecule has 27 heavy (non-hydrogen) atoms. The van der Waals surface area contributed by atoms with Crippen molar-refractivity contribution in [1.29, 1.82) is 0 Å². The van der Waals surface area contributed by atoms with E-state index in [9.17, 15) is 5.11 Å². The molecule has 4 aromatic rings. The van der Waals surface area contributed by atoms with Crippen molar-refractivity contribution in [2.75, 3.05) is 0 Å². The topological polar surface area (TPSA) is 29.5 Å². The monoisotopic (exact) mass is 418 g/mol. The number of benzene rings is 4. The van der Waals surface area contributed by atoms with Gasteiger partial charge in [0.05, 0.1) is 4.47 Å². The SMILES string of the molecule is Oc1cc2cc(OCc3ccccc3)c(Cc3ccccc3)cc2cc1Br. The van der Waals surface area contributed by atoms with Gasteiger partial charge in [-0.1, -0.05) is 60.7 Å². The molecule has 0 saturated carbocycles. The van der Waals surface area contributed by atoms with Crippen LogP contribution in [0.2, 0.25) is 0 Å². The van der Waals surface area contributed by atoms with E-state index >= 15 is 0 Å². The molecule has 3 heteroatoms. The van der Waals surface area contributed by atoms with Gasteiger partial charge in [-0.25, -0.2) is 0 Å². The second kappa shape index (κ2) is 7.85. The third-order valence-corrected chi connectivity index (χ3v) is 5.20. The maximum absolute atomic E-state index is 10.0. The summed E-state index contributed by atoms with van der Waals surface area (Å²) >= 11 is 3.41. The van der Waals surface area contributed by atoms with Crippen LogP contribution in [0.15, 0.2) is 89.4 Å². The van der Waals surface area contributed by atoms with Crippen LogP contribution in [0.3, 0.4) is 0 Å². The molecule has 0 amide bonds. The largest absolute Gasteiger partial charge is 0.507 e. The van der Waals surface area contributed by atoms with E-state index in [2.05, 4.69) is 58.4 Å². The third kappa shape index (κ3) is 4.15. The van der Waals surface area contributed by atoms with Gasteiger partial charge in [0, 0.05) is 6.42 Å². The Hall–Kier alpha value is -2.78. The zero-order valence-electron chi connectivity index (χ0n) is 14.7. The zero-order valence-corrected chi connectivity index (χ0v) is 16.3. The maximum Gasteiger partial charge on any atom is 0.130 e. The van der Waals surface area contributed by atoms with Gasteiger partial charge >= 0.3 is 0 Å². The first-order valence-corrected chi connectivity index (χ1v) is 9.64. The summed E-state index contributed by atoms with van der Waals surface area (Å²) in [7, 11) is 0. The van der Waals surface area contributed by atoms with Crippen LogP contribution in [0.4, 0.5) is 0 Å². The van der Waals surface area contributed by atoms with Crippen molar-refractivity contribution >= 4 is 26.7 Å². The van der Waals surface area contributed by atoms with Crippen LogP contribution in [0, 0.1) is 0 Å². The highest BCUT2D eigenvalue weighted by molar-refractivity contribution is 9.10. The summed E-state index contributed by atoms with van der Waals surface area (Å²) in [6.07, 6.45) is 0.791. The molecule has 2 nitrogen and oxygen atoms in total. The summed E-state index contributed by atoms with van der Waals surface area (Å²) in [5.74, 6) is 1.07. The fraction of sp³-hybridized carbons (Fsp3) is 0.0833.